The van der Waals surface area contributed by atoms with E-state index in [2.05, 4.69) is 5.32 Å². The molecular formula is C11H12N2O5S. The van der Waals surface area contributed by atoms with Crippen LogP contribution in [0.1, 0.15) is 6.92 Å². The van der Waals surface area contributed by atoms with E-state index in [9.17, 15) is 18.0 Å². The Morgan fingerprint density at radius 3 is 2.68 bits per heavy atom. The molecule has 19 heavy (non-hydrogen) atoms. The van der Waals surface area contributed by atoms with Crippen molar-refractivity contribution in [2.75, 3.05) is 16.2 Å². The van der Waals surface area contributed by atoms with Crippen molar-refractivity contribution < 1.29 is 23.1 Å². The third-order valence-electron chi connectivity index (χ3n) is 2.84. The molecule has 0 saturated heterocycles. The van der Waals surface area contributed by atoms with Gasteiger partial charge in [0.2, 0.25) is 15.9 Å². The van der Waals surface area contributed by atoms with E-state index in [0.29, 0.717) is 5.69 Å². The number of nitrogens with one attached hydrogen (secondary N) is 1. The number of amides is 1. The summed E-state index contributed by atoms with van der Waals surface area (Å²) < 4.78 is 25.2. The minimum Gasteiger partial charge on any atom is -0.480 e. The zero-order valence-electron chi connectivity index (χ0n) is 10.0. The highest BCUT2D eigenvalue weighted by Gasteiger charge is 2.38. The number of rotatable bonds is 3. The number of para-hydroxylation sites is 2. The largest absolute Gasteiger partial charge is 0.480 e. The van der Waals surface area contributed by atoms with Gasteiger partial charge in [-0.25, -0.2) is 8.42 Å². The topological polar surface area (TPSA) is 104 Å². The van der Waals surface area contributed by atoms with E-state index in [1.54, 1.807) is 18.2 Å². The number of hydrogen-bond donors (Lipinski definition) is 2. The molecule has 1 amide bonds. The summed E-state index contributed by atoms with van der Waals surface area (Å²) in [5.41, 5.74) is 0.620. The van der Waals surface area contributed by atoms with E-state index in [-0.39, 0.29) is 5.69 Å². The van der Waals surface area contributed by atoms with E-state index >= 15 is 0 Å². The summed E-state index contributed by atoms with van der Waals surface area (Å²) in [7, 11) is -4.13. The van der Waals surface area contributed by atoms with Crippen molar-refractivity contribution in [1.29, 1.82) is 0 Å². The van der Waals surface area contributed by atoms with Crippen molar-refractivity contribution in [2.24, 2.45) is 0 Å². The Bertz CT molecular complexity index is 640. The number of carboxylic acids is 1. The number of aliphatic carboxylic acids is 1. The van der Waals surface area contributed by atoms with Gasteiger partial charge in [0, 0.05) is 0 Å². The summed E-state index contributed by atoms with van der Waals surface area (Å²) >= 11 is 0. The molecule has 2 N–H and O–H groups in total. The minimum atomic E-state index is -4.13. The highest BCUT2D eigenvalue weighted by atomic mass is 32.2. The fraction of sp³-hybridized carbons (Fsp3) is 0.273. The zero-order chi connectivity index (χ0) is 14.2. The van der Waals surface area contributed by atoms with Crippen LogP contribution in [-0.2, 0) is 19.6 Å². The highest BCUT2D eigenvalue weighted by molar-refractivity contribution is 7.94. The van der Waals surface area contributed by atoms with Crippen molar-refractivity contribution in [3.8, 4) is 0 Å². The van der Waals surface area contributed by atoms with Crippen LogP contribution in [0.2, 0.25) is 0 Å². The van der Waals surface area contributed by atoms with E-state index in [0.717, 1.165) is 11.2 Å². The number of hydrogen-bond acceptors (Lipinski definition) is 4. The number of anilines is 2. The van der Waals surface area contributed by atoms with E-state index < -0.39 is 33.7 Å². The Labute approximate surface area is 109 Å². The number of sulfonamides is 1. The second-order valence-electron chi connectivity index (χ2n) is 4.10. The number of carbonyl (C=O) groups is 2. The van der Waals surface area contributed by atoms with Crippen molar-refractivity contribution in [1.82, 2.24) is 0 Å². The maximum Gasteiger partial charge on any atom is 0.323 e. The van der Waals surface area contributed by atoms with Crippen LogP contribution in [0.25, 0.3) is 0 Å². The maximum absolute atomic E-state index is 12.2. The summed E-state index contributed by atoms with van der Waals surface area (Å²) in [5.74, 6) is -1.96. The molecule has 8 heteroatoms. The Kier molecular flexibility index (Phi) is 3.19. The van der Waals surface area contributed by atoms with Gasteiger partial charge in [-0.15, -0.1) is 0 Å². The molecule has 1 aromatic carbocycles. The minimum absolute atomic E-state index is 0.273. The van der Waals surface area contributed by atoms with Gasteiger partial charge in [0.15, 0.2) is 5.25 Å². The molecular weight excluding hydrogens is 272 g/mol. The molecule has 0 bridgehead atoms. The van der Waals surface area contributed by atoms with E-state index in [1.807, 2.05) is 0 Å². The molecule has 0 radical (unpaired) electrons. The summed E-state index contributed by atoms with van der Waals surface area (Å²) in [6, 6.07) is 6.33. The van der Waals surface area contributed by atoms with E-state index in [1.165, 1.54) is 6.07 Å². The molecule has 1 aliphatic heterocycles. The Hall–Kier alpha value is -2.09. The van der Waals surface area contributed by atoms with Crippen LogP contribution < -0.4 is 9.62 Å². The van der Waals surface area contributed by atoms with Gasteiger partial charge in [0.25, 0.3) is 0 Å². The average molecular weight is 284 g/mol. The molecule has 0 spiro atoms. The summed E-state index contributed by atoms with van der Waals surface area (Å²) in [4.78, 5) is 22.4. The molecule has 1 aliphatic rings. The lowest BCUT2D eigenvalue weighted by Gasteiger charge is -2.31. The zero-order valence-corrected chi connectivity index (χ0v) is 10.8. The molecule has 0 aliphatic carbocycles. The van der Waals surface area contributed by atoms with Gasteiger partial charge in [0.05, 0.1) is 11.4 Å². The Morgan fingerprint density at radius 2 is 2.05 bits per heavy atom. The molecule has 2 rings (SSSR count). The second kappa shape index (κ2) is 4.54. The first-order valence-corrected chi connectivity index (χ1v) is 6.97. The normalized spacial score (nSPS) is 16.5. The summed E-state index contributed by atoms with van der Waals surface area (Å²) in [6.07, 6.45) is 0. The van der Waals surface area contributed by atoms with E-state index in [4.69, 9.17) is 5.11 Å². The van der Waals surface area contributed by atoms with Crippen LogP contribution in [0, 0.1) is 0 Å². The van der Waals surface area contributed by atoms with Crippen molar-refractivity contribution >= 4 is 33.3 Å². The quantitative estimate of drug-likeness (QED) is 0.828. The fourth-order valence-electron chi connectivity index (χ4n) is 1.75. The van der Waals surface area contributed by atoms with Crippen molar-refractivity contribution in [3.05, 3.63) is 24.3 Å². The smallest absolute Gasteiger partial charge is 0.323 e. The molecule has 102 valence electrons. The predicted octanol–water partition coefficient (Wildman–Crippen LogP) is 0.248. The summed E-state index contributed by atoms with van der Waals surface area (Å²) in [5, 5.41) is 9.77. The number of benzene rings is 1. The molecule has 1 heterocycles. The summed E-state index contributed by atoms with van der Waals surface area (Å²) in [6.45, 7) is 0.657. The number of carboxylic acid groups (broad SMARTS) is 1. The molecule has 0 fully saturated rings. The lowest BCUT2D eigenvalue weighted by molar-refractivity contribution is -0.136. The first-order chi connectivity index (χ1) is 8.84. The number of nitrogens with zero attached hydrogens (tertiary/aromatic N) is 1. The SMILES string of the molecule is CC(C(=O)O)S(=O)(=O)N1CC(=O)Nc2ccccc21. The first-order valence-electron chi connectivity index (χ1n) is 5.47. The van der Waals surface area contributed by atoms with Gasteiger partial charge >= 0.3 is 5.97 Å². The molecule has 0 aromatic heterocycles. The lowest BCUT2D eigenvalue weighted by atomic mass is 10.2. The molecule has 7 nitrogen and oxygen atoms in total. The molecule has 1 unspecified atom stereocenters. The lowest BCUT2D eigenvalue weighted by Crippen LogP contribution is -2.47. The molecule has 1 aromatic rings. The Morgan fingerprint density at radius 1 is 1.42 bits per heavy atom. The van der Waals surface area contributed by atoms with Gasteiger partial charge in [-0.2, -0.15) is 0 Å². The van der Waals surface area contributed by atoms with Crippen LogP contribution in [0.5, 0.6) is 0 Å². The standard InChI is InChI=1S/C11H12N2O5S/c1-7(11(15)16)19(17,18)13-6-10(14)12-8-4-2-3-5-9(8)13/h2-5,7H,6H2,1H3,(H,12,14)(H,15,16). The van der Waals surface area contributed by atoms with Crippen LogP contribution in [0.4, 0.5) is 11.4 Å². The van der Waals surface area contributed by atoms with Crippen molar-refractivity contribution in [2.45, 2.75) is 12.2 Å². The monoisotopic (exact) mass is 284 g/mol. The second-order valence-corrected chi connectivity index (χ2v) is 6.28. The van der Waals surface area contributed by atoms with Crippen molar-refractivity contribution in [3.63, 3.8) is 0 Å². The van der Waals surface area contributed by atoms with Gasteiger partial charge in [0.1, 0.15) is 6.54 Å². The van der Waals surface area contributed by atoms with Crippen LogP contribution in [0.15, 0.2) is 24.3 Å². The van der Waals surface area contributed by atoms with Crippen LogP contribution in [-0.4, -0.2) is 37.2 Å². The third-order valence-corrected chi connectivity index (χ3v) is 4.87. The first kappa shape index (κ1) is 13.3. The number of fused-ring (bicyclic) bond motifs is 1. The van der Waals surface area contributed by atoms with Crippen LogP contribution in [0.3, 0.4) is 0 Å². The predicted molar refractivity (Wildman–Crippen MR) is 68.4 cm³/mol. The van der Waals surface area contributed by atoms with Gasteiger partial charge in [-0.1, -0.05) is 12.1 Å². The number of carbonyl (C=O) groups excluding carboxylic acids is 1. The van der Waals surface area contributed by atoms with Gasteiger partial charge in [-0.05, 0) is 19.1 Å². The fourth-order valence-corrected chi connectivity index (χ4v) is 3.11. The molecule has 0 saturated carbocycles. The van der Waals surface area contributed by atoms with Gasteiger partial charge in [-0.3, -0.25) is 13.9 Å². The Balaban J connectivity index is 2.52. The third kappa shape index (κ3) is 2.26. The maximum atomic E-state index is 12.2. The highest BCUT2D eigenvalue weighted by Crippen LogP contribution is 2.32. The molecule has 1 atom stereocenters. The van der Waals surface area contributed by atoms with Crippen LogP contribution >= 0.6 is 0 Å². The van der Waals surface area contributed by atoms with Gasteiger partial charge < -0.3 is 10.4 Å². The average Bonchev–Trinajstić information content (AvgIpc) is 2.36.